The lowest BCUT2D eigenvalue weighted by molar-refractivity contribution is -0.128. The molecule has 5 nitrogen and oxygen atoms in total. The van der Waals surface area contributed by atoms with Gasteiger partial charge < -0.3 is 10.6 Å². The van der Waals surface area contributed by atoms with Gasteiger partial charge in [0.1, 0.15) is 0 Å². The average Bonchev–Trinajstić information content (AvgIpc) is 2.25. The second-order valence-corrected chi connectivity index (χ2v) is 5.49. The van der Waals surface area contributed by atoms with Gasteiger partial charge in [-0.05, 0) is 19.8 Å². The largest absolute Gasteiger partial charge is 0.345 e. The van der Waals surface area contributed by atoms with Crippen LogP contribution in [0.5, 0.6) is 0 Å². The second-order valence-electron chi connectivity index (χ2n) is 5.49. The molecule has 1 aliphatic rings. The number of nitrogens with zero attached hydrogens (tertiary/aromatic N) is 1. The Kier molecular flexibility index (Phi) is 5.75. The lowest BCUT2D eigenvalue weighted by Gasteiger charge is -2.31. The van der Waals surface area contributed by atoms with Crippen LogP contribution in [0.15, 0.2) is 0 Å². The van der Waals surface area contributed by atoms with Crippen molar-refractivity contribution in [2.75, 3.05) is 26.2 Å². The van der Waals surface area contributed by atoms with E-state index in [-0.39, 0.29) is 23.7 Å². The molecule has 0 spiro atoms. The number of ketones is 1. The highest BCUT2D eigenvalue weighted by molar-refractivity contribution is 5.88. The van der Waals surface area contributed by atoms with Crippen molar-refractivity contribution >= 4 is 11.7 Å². The Morgan fingerprint density at radius 2 is 2.11 bits per heavy atom. The number of Topliss-reactive ketones (excluding diaryl/α,β-unsaturated/α-hetero) is 1. The van der Waals surface area contributed by atoms with Crippen LogP contribution in [0.2, 0.25) is 0 Å². The highest BCUT2D eigenvalue weighted by Gasteiger charge is 2.23. The van der Waals surface area contributed by atoms with Gasteiger partial charge in [-0.1, -0.05) is 13.8 Å². The van der Waals surface area contributed by atoms with E-state index in [1.807, 2.05) is 13.8 Å². The molecule has 18 heavy (non-hydrogen) atoms. The maximum Gasteiger partial charge on any atom is 0.234 e. The van der Waals surface area contributed by atoms with E-state index in [0.717, 1.165) is 19.6 Å². The predicted octanol–water partition coefficient (Wildman–Crippen LogP) is 0.00990. The number of amides is 1. The van der Waals surface area contributed by atoms with Crippen LogP contribution in [-0.4, -0.2) is 54.9 Å². The summed E-state index contributed by atoms with van der Waals surface area (Å²) in [5.41, 5.74) is 0. The lowest BCUT2D eigenvalue weighted by atomic mass is 10.0. The maximum atomic E-state index is 11.9. The molecule has 0 aromatic heterocycles. The average molecular weight is 255 g/mol. The van der Waals surface area contributed by atoms with Gasteiger partial charge in [-0.15, -0.1) is 0 Å². The van der Waals surface area contributed by atoms with Crippen LogP contribution in [0.4, 0.5) is 0 Å². The maximum absolute atomic E-state index is 11.9. The van der Waals surface area contributed by atoms with E-state index in [1.165, 1.54) is 6.92 Å². The zero-order valence-electron chi connectivity index (χ0n) is 11.8. The van der Waals surface area contributed by atoms with Gasteiger partial charge in [0.05, 0.1) is 12.6 Å². The van der Waals surface area contributed by atoms with E-state index in [1.54, 1.807) is 0 Å². The van der Waals surface area contributed by atoms with Crippen LogP contribution in [0.25, 0.3) is 0 Å². The topological polar surface area (TPSA) is 61.4 Å². The summed E-state index contributed by atoms with van der Waals surface area (Å²) in [7, 11) is 0. The van der Waals surface area contributed by atoms with Gasteiger partial charge in [-0.3, -0.25) is 14.5 Å². The Labute approximate surface area is 109 Å². The molecule has 0 saturated carbocycles. The Morgan fingerprint density at radius 3 is 2.61 bits per heavy atom. The Morgan fingerprint density at radius 1 is 1.44 bits per heavy atom. The normalized spacial score (nSPS) is 22.8. The number of rotatable bonds is 5. The summed E-state index contributed by atoms with van der Waals surface area (Å²) in [6, 6.07) is 0.0538. The Hall–Kier alpha value is -0.940. The van der Waals surface area contributed by atoms with Gasteiger partial charge in [-0.25, -0.2) is 0 Å². The van der Waals surface area contributed by atoms with Gasteiger partial charge in [-0.2, -0.15) is 0 Å². The molecule has 5 heteroatoms. The molecule has 0 radical (unpaired) electrons. The van der Waals surface area contributed by atoms with Crippen LogP contribution in [0, 0.1) is 5.92 Å². The second kappa shape index (κ2) is 6.85. The van der Waals surface area contributed by atoms with E-state index in [4.69, 9.17) is 0 Å². The Balaban J connectivity index is 2.42. The van der Waals surface area contributed by atoms with Crippen molar-refractivity contribution in [3.05, 3.63) is 0 Å². The van der Waals surface area contributed by atoms with E-state index in [2.05, 4.69) is 22.5 Å². The molecule has 1 aliphatic heterocycles. The van der Waals surface area contributed by atoms with Crippen LogP contribution < -0.4 is 10.6 Å². The molecule has 2 atom stereocenters. The van der Waals surface area contributed by atoms with Gasteiger partial charge in [0, 0.05) is 25.7 Å². The Bertz CT molecular complexity index is 305. The third-order valence-corrected chi connectivity index (χ3v) is 3.24. The van der Waals surface area contributed by atoms with Crippen LogP contribution >= 0.6 is 0 Å². The van der Waals surface area contributed by atoms with Crippen molar-refractivity contribution in [3.63, 3.8) is 0 Å². The molecule has 0 aromatic rings. The molecule has 2 N–H and O–H groups in total. The van der Waals surface area contributed by atoms with Crippen LogP contribution in [0.1, 0.15) is 27.7 Å². The van der Waals surface area contributed by atoms with Crippen molar-refractivity contribution in [3.8, 4) is 0 Å². The number of carbonyl (C=O) groups excluding carboxylic acids is 2. The molecule has 104 valence electrons. The number of carbonyl (C=O) groups is 2. The summed E-state index contributed by atoms with van der Waals surface area (Å²) in [5, 5.41) is 6.16. The fourth-order valence-electron chi connectivity index (χ4n) is 2.32. The number of hydrogen-bond donors (Lipinski definition) is 2. The minimum atomic E-state index is -0.363. The number of nitrogens with one attached hydrogen (secondary N) is 2. The molecular formula is C13H25N3O2. The van der Waals surface area contributed by atoms with E-state index >= 15 is 0 Å². The van der Waals surface area contributed by atoms with Gasteiger partial charge in [0.25, 0.3) is 0 Å². The van der Waals surface area contributed by atoms with Crippen molar-refractivity contribution < 1.29 is 9.59 Å². The zero-order valence-corrected chi connectivity index (χ0v) is 11.8. The highest BCUT2D eigenvalue weighted by Crippen LogP contribution is 2.03. The molecule has 1 amide bonds. The van der Waals surface area contributed by atoms with E-state index in [0.29, 0.717) is 12.6 Å². The minimum absolute atomic E-state index is 0.0204. The summed E-state index contributed by atoms with van der Waals surface area (Å²) in [4.78, 5) is 25.5. The summed E-state index contributed by atoms with van der Waals surface area (Å²) in [5.74, 6) is 0.0958. The van der Waals surface area contributed by atoms with Crippen molar-refractivity contribution in [2.45, 2.75) is 39.8 Å². The van der Waals surface area contributed by atoms with Gasteiger partial charge in [0.2, 0.25) is 5.91 Å². The molecule has 0 bridgehead atoms. The van der Waals surface area contributed by atoms with Gasteiger partial charge >= 0.3 is 0 Å². The third kappa shape index (κ3) is 4.74. The number of hydrogen-bond acceptors (Lipinski definition) is 4. The fourth-order valence-corrected chi connectivity index (χ4v) is 2.32. The quantitative estimate of drug-likeness (QED) is 0.726. The molecular weight excluding hydrogens is 230 g/mol. The summed E-state index contributed by atoms with van der Waals surface area (Å²) in [6.07, 6.45) is 0. The smallest absolute Gasteiger partial charge is 0.234 e. The molecule has 1 fully saturated rings. The van der Waals surface area contributed by atoms with Crippen LogP contribution in [0.3, 0.4) is 0 Å². The first-order chi connectivity index (χ1) is 8.40. The summed E-state index contributed by atoms with van der Waals surface area (Å²) in [6.45, 7) is 10.6. The van der Waals surface area contributed by atoms with E-state index < -0.39 is 0 Å². The SMILES string of the molecule is CC(=O)C(NC(=O)CN1CCN[C@@H](C)C1)C(C)C. The molecule has 1 unspecified atom stereocenters. The van der Waals surface area contributed by atoms with Crippen molar-refractivity contribution in [1.82, 2.24) is 15.5 Å². The molecule has 0 aliphatic carbocycles. The summed E-state index contributed by atoms with van der Waals surface area (Å²) >= 11 is 0. The standard InChI is InChI=1S/C13H25N3O2/c1-9(2)13(11(4)17)15-12(18)8-16-6-5-14-10(3)7-16/h9-10,13-14H,5-8H2,1-4H3,(H,15,18)/t10-,13?/m0/s1. The van der Waals surface area contributed by atoms with Crippen molar-refractivity contribution in [2.24, 2.45) is 5.92 Å². The zero-order chi connectivity index (χ0) is 13.7. The first kappa shape index (κ1) is 15.1. The highest BCUT2D eigenvalue weighted by atomic mass is 16.2. The lowest BCUT2D eigenvalue weighted by Crippen LogP contribution is -2.53. The van der Waals surface area contributed by atoms with Crippen LogP contribution in [-0.2, 0) is 9.59 Å². The summed E-state index contributed by atoms with van der Waals surface area (Å²) < 4.78 is 0. The number of piperazine rings is 1. The first-order valence-corrected chi connectivity index (χ1v) is 6.65. The third-order valence-electron chi connectivity index (χ3n) is 3.24. The molecule has 0 aromatic carbocycles. The molecule has 1 saturated heterocycles. The predicted molar refractivity (Wildman–Crippen MR) is 71.4 cm³/mol. The molecule has 1 heterocycles. The molecule has 1 rings (SSSR count). The van der Waals surface area contributed by atoms with E-state index in [9.17, 15) is 9.59 Å². The fraction of sp³-hybridized carbons (Fsp3) is 0.846. The monoisotopic (exact) mass is 255 g/mol. The first-order valence-electron chi connectivity index (χ1n) is 6.65. The minimum Gasteiger partial charge on any atom is -0.345 e. The van der Waals surface area contributed by atoms with Crippen molar-refractivity contribution in [1.29, 1.82) is 0 Å². The van der Waals surface area contributed by atoms with Gasteiger partial charge in [0.15, 0.2) is 5.78 Å².